The maximum atomic E-state index is 11.5. The molecule has 1 saturated heterocycles. The van der Waals surface area contributed by atoms with Crippen molar-refractivity contribution in [3.8, 4) is 0 Å². The van der Waals surface area contributed by atoms with Crippen LogP contribution in [0.1, 0.15) is 5.56 Å². The summed E-state index contributed by atoms with van der Waals surface area (Å²) in [5.74, 6) is -0.273. The Morgan fingerprint density at radius 1 is 1.40 bits per heavy atom. The monoisotopic (exact) mass is 270 g/mol. The van der Waals surface area contributed by atoms with E-state index in [1.165, 1.54) is 5.39 Å². The molecule has 2 heterocycles. The number of piperazine rings is 1. The summed E-state index contributed by atoms with van der Waals surface area (Å²) in [6, 6.07) is 7.92. The number of rotatable bonds is 3. The van der Waals surface area contributed by atoms with Gasteiger partial charge in [-0.1, -0.05) is 24.3 Å². The molecule has 1 unspecified atom stereocenters. The number of hydrogen-bond donors (Lipinski definition) is 2. The van der Waals surface area contributed by atoms with Crippen LogP contribution in [0.2, 0.25) is 0 Å². The second kappa shape index (κ2) is 5.56. The number of nitrogens with two attached hydrogens (primary N) is 1. The second-order valence-electron chi connectivity index (χ2n) is 5.11. The number of pyridine rings is 1. The van der Waals surface area contributed by atoms with Crippen molar-refractivity contribution < 1.29 is 4.79 Å². The standard InChI is InChI=1S/C15H18N4O/c16-15(20)14-9-17-5-6-19(14)10-12-8-18-7-11-3-1-2-4-13(11)12/h1-4,7-8,14,17H,5-6,9-10H2,(H2,16,20). The molecule has 0 radical (unpaired) electrons. The van der Waals surface area contributed by atoms with Crippen LogP contribution in [0.3, 0.4) is 0 Å². The topological polar surface area (TPSA) is 71.2 Å². The Bertz CT molecular complexity index is 623. The van der Waals surface area contributed by atoms with Crippen molar-refractivity contribution in [1.29, 1.82) is 0 Å². The van der Waals surface area contributed by atoms with E-state index in [4.69, 9.17) is 5.73 Å². The summed E-state index contributed by atoms with van der Waals surface area (Å²) in [5, 5.41) is 5.52. The van der Waals surface area contributed by atoms with Crippen molar-refractivity contribution in [2.24, 2.45) is 5.73 Å². The van der Waals surface area contributed by atoms with Crippen LogP contribution in [0.15, 0.2) is 36.7 Å². The van der Waals surface area contributed by atoms with Crippen LogP contribution < -0.4 is 11.1 Å². The number of carbonyl (C=O) groups is 1. The van der Waals surface area contributed by atoms with Crippen molar-refractivity contribution in [2.45, 2.75) is 12.6 Å². The molecule has 0 bridgehead atoms. The zero-order chi connectivity index (χ0) is 13.9. The number of aromatic nitrogens is 1. The van der Waals surface area contributed by atoms with Gasteiger partial charge in [0.25, 0.3) is 0 Å². The number of hydrogen-bond acceptors (Lipinski definition) is 4. The van der Waals surface area contributed by atoms with E-state index in [-0.39, 0.29) is 11.9 Å². The minimum Gasteiger partial charge on any atom is -0.368 e. The Balaban J connectivity index is 1.90. The fourth-order valence-corrected chi connectivity index (χ4v) is 2.74. The van der Waals surface area contributed by atoms with Gasteiger partial charge in [-0.05, 0) is 10.9 Å². The Morgan fingerprint density at radius 3 is 3.10 bits per heavy atom. The normalized spacial score (nSPS) is 20.1. The van der Waals surface area contributed by atoms with E-state index in [0.717, 1.165) is 24.0 Å². The Labute approximate surface area is 117 Å². The molecule has 1 amide bonds. The van der Waals surface area contributed by atoms with Crippen LogP contribution in [0.4, 0.5) is 0 Å². The summed E-state index contributed by atoms with van der Waals surface area (Å²) in [4.78, 5) is 18.0. The summed E-state index contributed by atoms with van der Waals surface area (Å²) in [6.07, 6.45) is 3.74. The summed E-state index contributed by atoms with van der Waals surface area (Å²) in [5.41, 5.74) is 6.62. The third-order valence-electron chi connectivity index (χ3n) is 3.81. The number of primary amides is 1. The highest BCUT2D eigenvalue weighted by molar-refractivity contribution is 5.84. The first-order valence-electron chi connectivity index (χ1n) is 6.81. The highest BCUT2D eigenvalue weighted by Crippen LogP contribution is 2.19. The van der Waals surface area contributed by atoms with E-state index in [9.17, 15) is 4.79 Å². The molecular weight excluding hydrogens is 252 g/mol. The Morgan fingerprint density at radius 2 is 2.25 bits per heavy atom. The van der Waals surface area contributed by atoms with Crippen molar-refractivity contribution in [3.05, 3.63) is 42.2 Å². The minimum atomic E-state index is -0.273. The van der Waals surface area contributed by atoms with Gasteiger partial charge in [0, 0.05) is 44.0 Å². The molecule has 2 aromatic rings. The molecule has 1 aromatic heterocycles. The zero-order valence-electron chi connectivity index (χ0n) is 11.2. The highest BCUT2D eigenvalue weighted by Gasteiger charge is 2.26. The SMILES string of the molecule is NC(=O)C1CNCCN1Cc1cncc2ccccc12. The molecule has 5 nitrogen and oxygen atoms in total. The van der Waals surface area contributed by atoms with E-state index >= 15 is 0 Å². The van der Waals surface area contributed by atoms with Gasteiger partial charge in [0.1, 0.15) is 6.04 Å². The first-order valence-corrected chi connectivity index (χ1v) is 6.81. The fraction of sp³-hybridized carbons (Fsp3) is 0.333. The smallest absolute Gasteiger partial charge is 0.236 e. The average Bonchev–Trinajstić information content (AvgIpc) is 2.48. The molecule has 1 aliphatic heterocycles. The average molecular weight is 270 g/mol. The molecule has 3 N–H and O–H groups in total. The van der Waals surface area contributed by atoms with Gasteiger partial charge in [-0.15, -0.1) is 0 Å². The number of nitrogens with one attached hydrogen (secondary N) is 1. The fourth-order valence-electron chi connectivity index (χ4n) is 2.74. The number of amides is 1. The lowest BCUT2D eigenvalue weighted by molar-refractivity contribution is -0.124. The summed E-state index contributed by atoms with van der Waals surface area (Å²) >= 11 is 0. The zero-order valence-corrected chi connectivity index (χ0v) is 11.2. The van der Waals surface area contributed by atoms with Gasteiger partial charge < -0.3 is 11.1 Å². The highest BCUT2D eigenvalue weighted by atomic mass is 16.1. The van der Waals surface area contributed by atoms with Crippen molar-refractivity contribution in [3.63, 3.8) is 0 Å². The lowest BCUT2D eigenvalue weighted by atomic mass is 10.1. The maximum Gasteiger partial charge on any atom is 0.236 e. The predicted octanol–water partition coefficient (Wildman–Crippen LogP) is 0.494. The largest absolute Gasteiger partial charge is 0.368 e. The predicted molar refractivity (Wildman–Crippen MR) is 78.0 cm³/mol. The van der Waals surface area contributed by atoms with Gasteiger partial charge in [-0.2, -0.15) is 0 Å². The number of fused-ring (bicyclic) bond motifs is 1. The van der Waals surface area contributed by atoms with Gasteiger partial charge >= 0.3 is 0 Å². The first-order chi connectivity index (χ1) is 9.75. The van der Waals surface area contributed by atoms with Gasteiger partial charge in [0.15, 0.2) is 0 Å². The molecule has 104 valence electrons. The van der Waals surface area contributed by atoms with E-state index in [0.29, 0.717) is 13.1 Å². The Hall–Kier alpha value is -1.98. The molecule has 1 aromatic carbocycles. The van der Waals surface area contributed by atoms with Gasteiger partial charge in [-0.25, -0.2) is 0 Å². The summed E-state index contributed by atoms with van der Waals surface area (Å²) in [7, 11) is 0. The molecule has 5 heteroatoms. The van der Waals surface area contributed by atoms with E-state index in [1.807, 2.05) is 24.5 Å². The van der Waals surface area contributed by atoms with Crippen LogP contribution in [0.5, 0.6) is 0 Å². The lowest BCUT2D eigenvalue weighted by Crippen LogP contribution is -2.56. The molecule has 0 spiro atoms. The third-order valence-corrected chi connectivity index (χ3v) is 3.81. The van der Waals surface area contributed by atoms with Crippen LogP contribution in [-0.4, -0.2) is 41.5 Å². The summed E-state index contributed by atoms with van der Waals surface area (Å²) < 4.78 is 0. The number of carbonyl (C=O) groups excluding carboxylic acids is 1. The minimum absolute atomic E-state index is 0.247. The molecule has 1 fully saturated rings. The Kier molecular flexibility index (Phi) is 3.62. The van der Waals surface area contributed by atoms with Crippen LogP contribution in [0, 0.1) is 0 Å². The van der Waals surface area contributed by atoms with Crippen molar-refractivity contribution in [1.82, 2.24) is 15.2 Å². The molecule has 20 heavy (non-hydrogen) atoms. The van der Waals surface area contributed by atoms with Crippen molar-refractivity contribution >= 4 is 16.7 Å². The number of nitrogens with zero attached hydrogens (tertiary/aromatic N) is 2. The molecule has 1 atom stereocenters. The third kappa shape index (κ3) is 2.50. The van der Waals surface area contributed by atoms with E-state index in [2.05, 4.69) is 27.3 Å². The van der Waals surface area contributed by atoms with Crippen LogP contribution >= 0.6 is 0 Å². The molecule has 3 rings (SSSR count). The van der Waals surface area contributed by atoms with E-state index in [1.54, 1.807) is 0 Å². The first kappa shape index (κ1) is 13.0. The van der Waals surface area contributed by atoms with Gasteiger partial charge in [0.2, 0.25) is 5.91 Å². The molecule has 1 aliphatic rings. The second-order valence-corrected chi connectivity index (χ2v) is 5.11. The van der Waals surface area contributed by atoms with Gasteiger partial charge in [0.05, 0.1) is 0 Å². The maximum absolute atomic E-state index is 11.5. The molecule has 0 saturated carbocycles. The number of benzene rings is 1. The van der Waals surface area contributed by atoms with Gasteiger partial charge in [-0.3, -0.25) is 14.7 Å². The van der Waals surface area contributed by atoms with Crippen molar-refractivity contribution in [2.75, 3.05) is 19.6 Å². The van der Waals surface area contributed by atoms with E-state index < -0.39 is 0 Å². The summed E-state index contributed by atoms with van der Waals surface area (Å²) in [6.45, 7) is 3.01. The molecule has 0 aliphatic carbocycles. The quantitative estimate of drug-likeness (QED) is 0.851. The van der Waals surface area contributed by atoms with Crippen LogP contribution in [0.25, 0.3) is 10.8 Å². The van der Waals surface area contributed by atoms with Crippen LogP contribution in [-0.2, 0) is 11.3 Å². The lowest BCUT2D eigenvalue weighted by Gasteiger charge is -2.34. The molecular formula is C15H18N4O.